The van der Waals surface area contributed by atoms with Crippen LogP contribution in [0.3, 0.4) is 0 Å². The van der Waals surface area contributed by atoms with E-state index in [0.29, 0.717) is 23.2 Å². The zero-order valence-electron chi connectivity index (χ0n) is 21.4. The maximum absolute atomic E-state index is 13.1. The first-order chi connectivity index (χ1) is 17.2. The second-order valence-electron chi connectivity index (χ2n) is 9.89. The van der Waals surface area contributed by atoms with Crippen molar-refractivity contribution in [1.82, 2.24) is 19.7 Å². The number of nitrogens with zero attached hydrogens (tertiary/aromatic N) is 4. The molecule has 0 radical (unpaired) electrons. The summed E-state index contributed by atoms with van der Waals surface area (Å²) in [5.74, 6) is 0.0587. The van der Waals surface area contributed by atoms with Crippen LogP contribution in [0, 0.1) is 5.41 Å². The fourth-order valence-electron chi connectivity index (χ4n) is 4.62. The minimum Gasteiger partial charge on any atom is -0.463 e. The Kier molecular flexibility index (Phi) is 6.97. The quantitative estimate of drug-likeness (QED) is 0.348. The summed E-state index contributed by atoms with van der Waals surface area (Å²) < 4.78 is 6.43. The van der Waals surface area contributed by atoms with E-state index in [1.54, 1.807) is 16.8 Å². The largest absolute Gasteiger partial charge is 0.463 e. The van der Waals surface area contributed by atoms with Gasteiger partial charge < -0.3 is 15.0 Å². The summed E-state index contributed by atoms with van der Waals surface area (Å²) in [5.41, 5.74) is 3.26. The van der Waals surface area contributed by atoms with Gasteiger partial charge in [0.25, 0.3) is 5.78 Å². The van der Waals surface area contributed by atoms with E-state index in [4.69, 9.17) is 14.8 Å². The van der Waals surface area contributed by atoms with E-state index in [0.717, 1.165) is 42.6 Å². The molecule has 1 saturated heterocycles. The number of esters is 1. The van der Waals surface area contributed by atoms with E-state index in [1.165, 1.54) is 7.11 Å². The molecule has 0 spiro atoms. The van der Waals surface area contributed by atoms with E-state index in [9.17, 15) is 9.59 Å². The summed E-state index contributed by atoms with van der Waals surface area (Å²) in [6, 6.07) is 7.42. The lowest BCUT2D eigenvalue weighted by Gasteiger charge is -2.41. The molecule has 1 aromatic carbocycles. The van der Waals surface area contributed by atoms with Crippen molar-refractivity contribution in [3.05, 3.63) is 66.8 Å². The molecule has 0 amide bonds. The Balaban J connectivity index is 1.83. The van der Waals surface area contributed by atoms with Gasteiger partial charge in [0, 0.05) is 18.7 Å². The average molecular weight is 488 g/mol. The van der Waals surface area contributed by atoms with Crippen LogP contribution >= 0.6 is 0 Å². The summed E-state index contributed by atoms with van der Waals surface area (Å²) in [6.07, 6.45) is 7.30. The number of benzene rings is 1. The van der Waals surface area contributed by atoms with Gasteiger partial charge >= 0.3 is 5.97 Å². The minimum atomic E-state index is -0.893. The number of likely N-dealkylation sites (tertiary alicyclic amines) is 1. The third-order valence-corrected chi connectivity index (χ3v) is 6.83. The molecule has 1 aromatic heterocycles. The van der Waals surface area contributed by atoms with Gasteiger partial charge in [0.2, 0.25) is 5.95 Å². The number of rotatable bonds is 7. The molecule has 2 aliphatic heterocycles. The minimum absolute atomic E-state index is 0.209. The van der Waals surface area contributed by atoms with Gasteiger partial charge in [0.1, 0.15) is 5.82 Å². The third-order valence-electron chi connectivity index (χ3n) is 6.83. The molecule has 36 heavy (non-hydrogen) atoms. The molecule has 0 bridgehead atoms. The maximum Gasteiger partial charge on any atom is 0.379 e. The number of anilines is 1. The average Bonchev–Trinajstić information content (AvgIpc) is 3.29. The van der Waals surface area contributed by atoms with Gasteiger partial charge in [-0.25, -0.2) is 4.79 Å². The van der Waals surface area contributed by atoms with Crippen molar-refractivity contribution in [2.75, 3.05) is 25.5 Å². The van der Waals surface area contributed by atoms with Crippen molar-refractivity contribution in [2.45, 2.75) is 39.7 Å². The number of Topliss-reactive ketones (excluding diaryl/α,β-unsaturated/α-hetero) is 1. The lowest BCUT2D eigenvalue weighted by Crippen LogP contribution is -2.44. The second kappa shape index (κ2) is 9.97. The van der Waals surface area contributed by atoms with Gasteiger partial charge in [-0.15, -0.1) is 5.10 Å². The van der Waals surface area contributed by atoms with Crippen molar-refractivity contribution < 1.29 is 14.3 Å². The topological polar surface area (TPSA) is 89.4 Å². The number of nitrogens with one attached hydrogen (secondary N) is 1. The first-order valence-electron chi connectivity index (χ1n) is 12.1. The van der Waals surface area contributed by atoms with Crippen LogP contribution < -0.4 is 5.32 Å². The molecule has 0 saturated carbocycles. The van der Waals surface area contributed by atoms with E-state index in [1.807, 2.05) is 37.3 Å². The van der Waals surface area contributed by atoms with Crippen molar-refractivity contribution in [1.29, 1.82) is 0 Å². The van der Waals surface area contributed by atoms with Crippen molar-refractivity contribution in [3.8, 4) is 11.4 Å². The molecule has 4 rings (SSSR count). The van der Waals surface area contributed by atoms with Crippen molar-refractivity contribution >= 4 is 29.1 Å². The number of fused-ring (bicyclic) bond motifs is 1. The fourth-order valence-corrected chi connectivity index (χ4v) is 4.62. The Hall–Kier alpha value is -3.94. The van der Waals surface area contributed by atoms with Gasteiger partial charge in [-0.05, 0) is 42.4 Å². The summed E-state index contributed by atoms with van der Waals surface area (Å²) in [7, 11) is 1.22. The van der Waals surface area contributed by atoms with Crippen LogP contribution in [0.4, 0.5) is 5.95 Å². The molecule has 1 N–H and O–H groups in total. The van der Waals surface area contributed by atoms with Crippen LogP contribution in [0.25, 0.3) is 22.8 Å². The zero-order valence-corrected chi connectivity index (χ0v) is 21.4. The van der Waals surface area contributed by atoms with Gasteiger partial charge in [-0.2, -0.15) is 9.67 Å². The van der Waals surface area contributed by atoms with Gasteiger partial charge in [0.05, 0.1) is 18.7 Å². The van der Waals surface area contributed by atoms with Crippen LogP contribution in [0.2, 0.25) is 0 Å². The molecule has 8 heteroatoms. The number of ether oxygens (including phenoxy) is 1. The number of piperidine rings is 1. The SMILES string of the molecule is C=C/C=C(\C=C)c1cccc(-c2nc3n(n2)C(N2CCC(C)(C)CC2)=C(C(=O)C(=O)OC)C(C)N3)c1. The zero-order chi connectivity index (χ0) is 26.0. The second-order valence-corrected chi connectivity index (χ2v) is 9.89. The maximum atomic E-state index is 13.1. The molecule has 2 aliphatic rings. The normalized spacial score (nSPS) is 19.3. The number of carbonyl (C=O) groups excluding carboxylic acids is 2. The number of ketones is 1. The number of hydrogen-bond donors (Lipinski definition) is 1. The molecular formula is C28H33N5O3. The Bertz CT molecular complexity index is 1270. The number of methoxy groups -OCH3 is 1. The van der Waals surface area contributed by atoms with Crippen molar-refractivity contribution in [3.63, 3.8) is 0 Å². The lowest BCUT2D eigenvalue weighted by molar-refractivity contribution is -0.150. The van der Waals surface area contributed by atoms with Gasteiger partial charge in [-0.1, -0.05) is 63.4 Å². The Morgan fingerprint density at radius 2 is 1.94 bits per heavy atom. The molecule has 188 valence electrons. The smallest absolute Gasteiger partial charge is 0.379 e. The summed E-state index contributed by atoms with van der Waals surface area (Å²) in [5, 5.41) is 8.06. The van der Waals surface area contributed by atoms with Crippen LogP contribution in [0.1, 0.15) is 39.2 Å². The van der Waals surface area contributed by atoms with Crippen molar-refractivity contribution in [2.24, 2.45) is 5.41 Å². The van der Waals surface area contributed by atoms with E-state index in [-0.39, 0.29) is 5.41 Å². The number of aromatic nitrogens is 3. The highest BCUT2D eigenvalue weighted by Gasteiger charge is 2.38. The number of carbonyl (C=O) groups is 2. The molecule has 0 aliphatic carbocycles. The van der Waals surface area contributed by atoms with E-state index >= 15 is 0 Å². The lowest BCUT2D eigenvalue weighted by atomic mass is 9.82. The highest BCUT2D eigenvalue weighted by Crippen LogP contribution is 2.37. The summed E-state index contributed by atoms with van der Waals surface area (Å²) >= 11 is 0. The van der Waals surface area contributed by atoms with E-state index < -0.39 is 17.8 Å². The van der Waals surface area contributed by atoms with E-state index in [2.05, 4.69) is 37.2 Å². The molecule has 1 atom stereocenters. The Labute approximate surface area is 212 Å². The van der Waals surface area contributed by atoms with Gasteiger partial charge in [0.15, 0.2) is 5.82 Å². The van der Waals surface area contributed by atoms with Crippen LogP contribution in [-0.2, 0) is 14.3 Å². The first-order valence-corrected chi connectivity index (χ1v) is 12.1. The third kappa shape index (κ3) is 4.76. The Morgan fingerprint density at radius 3 is 2.58 bits per heavy atom. The molecule has 8 nitrogen and oxygen atoms in total. The number of allylic oxidation sites excluding steroid dienone is 4. The highest BCUT2D eigenvalue weighted by molar-refractivity contribution is 6.42. The van der Waals surface area contributed by atoms with Gasteiger partial charge in [-0.3, -0.25) is 4.79 Å². The predicted octanol–water partition coefficient (Wildman–Crippen LogP) is 4.55. The summed E-state index contributed by atoms with van der Waals surface area (Å²) in [6.45, 7) is 15.5. The monoisotopic (exact) mass is 487 g/mol. The molecule has 1 unspecified atom stereocenters. The number of hydrogen-bond acceptors (Lipinski definition) is 7. The highest BCUT2D eigenvalue weighted by atomic mass is 16.5. The fraction of sp³-hybridized carbons (Fsp3) is 0.357. The standard InChI is InChI=1S/C28H33N5O3/c1-7-10-19(8-2)20-11-9-12-21(17-20)24-30-27-29-18(3)22(23(34)26(35)36-6)25(33(27)31-24)32-15-13-28(4,5)14-16-32/h7-12,17-18H,1-2,13-16H2,3-6H3,(H,29,30,31)/b19-10+. The Morgan fingerprint density at radius 1 is 1.22 bits per heavy atom. The molecule has 3 heterocycles. The molecule has 1 fully saturated rings. The summed E-state index contributed by atoms with van der Waals surface area (Å²) in [4.78, 5) is 32.3. The molecule has 2 aromatic rings. The first kappa shape index (κ1) is 25.2. The predicted molar refractivity (Wildman–Crippen MR) is 142 cm³/mol. The molecular weight excluding hydrogens is 454 g/mol. The van der Waals surface area contributed by atoms with Crippen LogP contribution in [0.5, 0.6) is 0 Å². The van der Waals surface area contributed by atoms with Crippen LogP contribution in [0.15, 0.2) is 61.2 Å². The van der Waals surface area contributed by atoms with Crippen LogP contribution in [-0.4, -0.2) is 57.7 Å².